The minimum absolute atomic E-state index is 0.366. The van der Waals surface area contributed by atoms with E-state index < -0.39 is 17.9 Å². The van der Waals surface area contributed by atoms with Crippen LogP contribution < -0.4 is 17.2 Å². The van der Waals surface area contributed by atoms with Crippen molar-refractivity contribution in [1.29, 1.82) is 0 Å². The van der Waals surface area contributed by atoms with Gasteiger partial charge in [0.25, 0.3) is 0 Å². The van der Waals surface area contributed by atoms with Gasteiger partial charge < -0.3 is 17.2 Å². The van der Waals surface area contributed by atoms with Gasteiger partial charge in [-0.1, -0.05) is 12.1 Å². The van der Waals surface area contributed by atoms with Crippen molar-refractivity contribution >= 4 is 11.8 Å². The Morgan fingerprint density at radius 3 is 1.93 bits per heavy atom. The maximum absolute atomic E-state index is 10.7. The van der Waals surface area contributed by atoms with E-state index in [9.17, 15) is 9.59 Å². The lowest BCUT2D eigenvalue weighted by Gasteiger charge is -2.07. The molecule has 5 heteroatoms. The molecule has 0 aromatic heterocycles. The second-order valence-corrected chi connectivity index (χ2v) is 2.87. The molecule has 74 valence electrons. The van der Waals surface area contributed by atoms with Crippen LogP contribution in [0.15, 0.2) is 24.3 Å². The number of amides is 2. The van der Waals surface area contributed by atoms with Crippen molar-refractivity contribution < 1.29 is 9.59 Å². The van der Waals surface area contributed by atoms with Crippen LogP contribution >= 0.6 is 0 Å². The van der Waals surface area contributed by atoms with Gasteiger partial charge in [-0.15, -0.1) is 0 Å². The normalized spacial score (nSPS) is 12.1. The summed E-state index contributed by atoms with van der Waals surface area (Å²) in [5.74, 6) is -1.14. The second kappa shape index (κ2) is 3.89. The average Bonchev–Trinajstić information content (AvgIpc) is 2.16. The number of nitrogens with two attached hydrogens (primary N) is 3. The lowest BCUT2D eigenvalue weighted by atomic mass is 10.1. The summed E-state index contributed by atoms with van der Waals surface area (Å²) in [5, 5.41) is 0. The number of rotatable bonds is 3. The number of hydrogen-bond acceptors (Lipinski definition) is 3. The summed E-state index contributed by atoms with van der Waals surface area (Å²) in [4.78, 5) is 21.4. The van der Waals surface area contributed by atoms with Gasteiger partial charge in [-0.3, -0.25) is 9.59 Å². The van der Waals surface area contributed by atoms with Gasteiger partial charge in [-0.25, -0.2) is 0 Å². The largest absolute Gasteiger partial charge is 0.368 e. The third-order valence-corrected chi connectivity index (χ3v) is 1.86. The summed E-state index contributed by atoms with van der Waals surface area (Å²) >= 11 is 0. The fourth-order valence-corrected chi connectivity index (χ4v) is 1.02. The van der Waals surface area contributed by atoms with Crippen molar-refractivity contribution in [2.24, 2.45) is 17.2 Å². The number of carbonyl (C=O) groups is 2. The summed E-state index contributed by atoms with van der Waals surface area (Å²) in [6.45, 7) is 0. The highest BCUT2D eigenvalue weighted by Gasteiger charge is 2.11. The maximum Gasteiger partial charge on any atom is 0.248 e. The van der Waals surface area contributed by atoms with E-state index in [-0.39, 0.29) is 0 Å². The molecule has 0 unspecified atom stereocenters. The zero-order valence-electron chi connectivity index (χ0n) is 7.44. The molecule has 6 N–H and O–H groups in total. The smallest absolute Gasteiger partial charge is 0.248 e. The topological polar surface area (TPSA) is 112 Å². The molecule has 0 saturated heterocycles. The Balaban J connectivity index is 2.94. The summed E-state index contributed by atoms with van der Waals surface area (Å²) in [6.07, 6.45) is 0. The SMILES string of the molecule is NC(=O)c1ccc([C@@H](N)C(N)=O)cc1. The van der Waals surface area contributed by atoms with Crippen molar-refractivity contribution in [3.05, 3.63) is 35.4 Å². The Kier molecular flexibility index (Phi) is 2.83. The molecule has 0 aliphatic heterocycles. The predicted molar refractivity (Wildman–Crippen MR) is 51.1 cm³/mol. The monoisotopic (exact) mass is 193 g/mol. The summed E-state index contributed by atoms with van der Waals surface area (Å²) in [6, 6.07) is 5.25. The Hall–Kier alpha value is -1.88. The molecule has 1 atom stereocenters. The van der Waals surface area contributed by atoms with Crippen molar-refractivity contribution in [1.82, 2.24) is 0 Å². The minimum atomic E-state index is -0.850. The lowest BCUT2D eigenvalue weighted by molar-refractivity contribution is -0.119. The van der Waals surface area contributed by atoms with Gasteiger partial charge in [0, 0.05) is 5.56 Å². The van der Waals surface area contributed by atoms with Gasteiger partial charge in [-0.05, 0) is 17.7 Å². The van der Waals surface area contributed by atoms with Crippen molar-refractivity contribution in [2.75, 3.05) is 0 Å². The van der Waals surface area contributed by atoms with Crippen molar-refractivity contribution in [3.8, 4) is 0 Å². The van der Waals surface area contributed by atoms with E-state index in [2.05, 4.69) is 0 Å². The van der Waals surface area contributed by atoms with Crippen LogP contribution in [0.5, 0.6) is 0 Å². The van der Waals surface area contributed by atoms with Gasteiger partial charge in [0.1, 0.15) is 6.04 Å². The van der Waals surface area contributed by atoms with E-state index in [0.29, 0.717) is 11.1 Å². The van der Waals surface area contributed by atoms with Crippen LogP contribution in [0.25, 0.3) is 0 Å². The number of primary amides is 2. The lowest BCUT2D eigenvalue weighted by Crippen LogP contribution is -2.28. The predicted octanol–water partition coefficient (Wildman–Crippen LogP) is -0.729. The minimum Gasteiger partial charge on any atom is -0.368 e. The van der Waals surface area contributed by atoms with Crippen molar-refractivity contribution in [3.63, 3.8) is 0 Å². The first-order valence-electron chi connectivity index (χ1n) is 3.97. The zero-order chi connectivity index (χ0) is 10.7. The van der Waals surface area contributed by atoms with Gasteiger partial charge in [-0.2, -0.15) is 0 Å². The van der Waals surface area contributed by atoms with E-state index in [1.165, 1.54) is 12.1 Å². The number of hydrogen-bond donors (Lipinski definition) is 3. The maximum atomic E-state index is 10.7. The number of benzene rings is 1. The van der Waals surface area contributed by atoms with E-state index in [0.717, 1.165) is 0 Å². The van der Waals surface area contributed by atoms with Crippen LogP contribution in [-0.2, 0) is 4.79 Å². The van der Waals surface area contributed by atoms with Crippen LogP contribution in [0.3, 0.4) is 0 Å². The molecule has 0 fully saturated rings. The molecule has 1 rings (SSSR count). The highest BCUT2D eigenvalue weighted by Crippen LogP contribution is 2.10. The van der Waals surface area contributed by atoms with Crippen molar-refractivity contribution in [2.45, 2.75) is 6.04 Å². The van der Waals surface area contributed by atoms with E-state index in [1.54, 1.807) is 12.1 Å². The fraction of sp³-hybridized carbons (Fsp3) is 0.111. The molecule has 0 aliphatic carbocycles. The van der Waals surface area contributed by atoms with Gasteiger partial charge in [0.2, 0.25) is 11.8 Å². The van der Waals surface area contributed by atoms with Gasteiger partial charge in [0.15, 0.2) is 0 Å². The summed E-state index contributed by atoms with van der Waals surface area (Å²) in [7, 11) is 0. The first-order valence-corrected chi connectivity index (χ1v) is 3.97. The van der Waals surface area contributed by atoms with Crippen LogP contribution in [0.2, 0.25) is 0 Å². The molecule has 14 heavy (non-hydrogen) atoms. The highest BCUT2D eigenvalue weighted by atomic mass is 16.1. The first-order chi connectivity index (χ1) is 6.52. The Labute approximate surface area is 80.9 Å². The molecule has 0 aliphatic rings. The Morgan fingerprint density at radius 1 is 1.07 bits per heavy atom. The quantitative estimate of drug-likeness (QED) is 0.588. The molecule has 0 saturated carbocycles. The molecule has 5 nitrogen and oxygen atoms in total. The zero-order valence-corrected chi connectivity index (χ0v) is 7.44. The van der Waals surface area contributed by atoms with E-state index >= 15 is 0 Å². The van der Waals surface area contributed by atoms with Crippen LogP contribution in [0.4, 0.5) is 0 Å². The van der Waals surface area contributed by atoms with Crippen LogP contribution in [-0.4, -0.2) is 11.8 Å². The Bertz CT molecular complexity index is 359. The van der Waals surface area contributed by atoms with E-state index in [1.807, 2.05) is 0 Å². The molecule has 1 aromatic rings. The third kappa shape index (κ3) is 2.08. The third-order valence-electron chi connectivity index (χ3n) is 1.86. The van der Waals surface area contributed by atoms with Gasteiger partial charge in [0.05, 0.1) is 0 Å². The average molecular weight is 193 g/mol. The summed E-state index contributed by atoms with van der Waals surface area (Å²) < 4.78 is 0. The Morgan fingerprint density at radius 2 is 1.57 bits per heavy atom. The van der Waals surface area contributed by atoms with Crippen LogP contribution in [0, 0.1) is 0 Å². The molecule has 0 radical (unpaired) electrons. The summed E-state index contributed by atoms with van der Waals surface area (Å²) in [5.41, 5.74) is 16.4. The molecule has 0 heterocycles. The molecule has 2 amide bonds. The molecule has 1 aromatic carbocycles. The number of carbonyl (C=O) groups excluding carboxylic acids is 2. The van der Waals surface area contributed by atoms with E-state index in [4.69, 9.17) is 17.2 Å². The fourth-order valence-electron chi connectivity index (χ4n) is 1.02. The molecule has 0 bridgehead atoms. The van der Waals surface area contributed by atoms with Gasteiger partial charge >= 0.3 is 0 Å². The molecular formula is C9H11N3O2. The molecular weight excluding hydrogens is 182 g/mol. The van der Waals surface area contributed by atoms with Crippen LogP contribution in [0.1, 0.15) is 22.0 Å². The molecule has 0 spiro atoms. The first kappa shape index (κ1) is 10.2. The second-order valence-electron chi connectivity index (χ2n) is 2.87. The standard InChI is InChI=1S/C9H11N3O2/c10-7(9(12)14)5-1-3-6(4-2-5)8(11)13/h1-4,7H,10H2,(H2,11,13)(H2,12,14)/t7-/m1/s1. The highest BCUT2D eigenvalue weighted by molar-refractivity contribution is 5.93.